The number of nitrogens with one attached hydrogen (secondary N) is 1. The molecule has 41 heavy (non-hydrogen) atoms. The molecule has 0 saturated carbocycles. The van der Waals surface area contributed by atoms with Crippen LogP contribution in [-0.2, 0) is 39.0 Å². The van der Waals surface area contributed by atoms with Crippen LogP contribution in [0.1, 0.15) is 49.3 Å². The van der Waals surface area contributed by atoms with E-state index in [4.69, 9.17) is 0 Å². The van der Waals surface area contributed by atoms with Crippen molar-refractivity contribution in [2.75, 3.05) is 19.6 Å². The quantitative estimate of drug-likeness (QED) is 0.318. The van der Waals surface area contributed by atoms with E-state index in [0.29, 0.717) is 32.5 Å². The number of benzene rings is 3. The number of sulfonamides is 1. The average molecular weight is 580 g/mol. The molecular formula is C32H38FN3O4S. The van der Waals surface area contributed by atoms with E-state index in [2.05, 4.69) is 5.32 Å². The van der Waals surface area contributed by atoms with Gasteiger partial charge in [-0.2, -0.15) is 4.31 Å². The number of aryl methyl sites for hydroxylation is 1. The number of hydrogen-bond acceptors (Lipinski definition) is 4. The Hall–Kier alpha value is -3.56. The van der Waals surface area contributed by atoms with Crippen LogP contribution in [0.2, 0.25) is 0 Å². The van der Waals surface area contributed by atoms with Crippen molar-refractivity contribution in [3.8, 4) is 0 Å². The van der Waals surface area contributed by atoms with E-state index in [1.165, 1.54) is 16.4 Å². The Labute approximate surface area is 242 Å². The van der Waals surface area contributed by atoms with Gasteiger partial charge in [0, 0.05) is 39.0 Å². The maximum Gasteiger partial charge on any atom is 0.243 e. The molecule has 3 aromatic carbocycles. The van der Waals surface area contributed by atoms with Crippen LogP contribution in [0.3, 0.4) is 0 Å². The third-order valence-corrected chi connectivity index (χ3v) is 9.25. The Morgan fingerprint density at radius 1 is 0.902 bits per heavy atom. The van der Waals surface area contributed by atoms with E-state index >= 15 is 0 Å². The molecule has 9 heteroatoms. The van der Waals surface area contributed by atoms with E-state index in [1.54, 1.807) is 41.3 Å². The number of hydrogen-bond donors (Lipinski definition) is 1. The summed E-state index contributed by atoms with van der Waals surface area (Å²) in [5.74, 6) is -0.818. The zero-order chi connectivity index (χ0) is 29.2. The predicted molar refractivity (Wildman–Crippen MR) is 157 cm³/mol. The standard InChI is InChI=1S/C32H38FN3O4S/c1-2-20-34-32(38)30(23-26-8-4-3-5-9-26)36(24-27-10-15-28(33)16-11-27)31(37)19-14-25-12-17-29(18-13-25)41(39,40)35-21-6-7-22-35/h3-5,8-13,15-18,30H,2,6-7,14,19-24H2,1H3,(H,34,38)/t30-/m1/s1. The van der Waals surface area contributed by atoms with E-state index in [9.17, 15) is 22.4 Å². The van der Waals surface area contributed by atoms with Gasteiger partial charge in [-0.05, 0) is 66.6 Å². The fourth-order valence-corrected chi connectivity index (χ4v) is 6.52. The maximum absolute atomic E-state index is 13.8. The Morgan fingerprint density at radius 3 is 2.17 bits per heavy atom. The Bertz CT molecular complexity index is 1390. The highest BCUT2D eigenvalue weighted by atomic mass is 32.2. The molecule has 0 unspecified atom stereocenters. The van der Waals surface area contributed by atoms with Gasteiger partial charge >= 0.3 is 0 Å². The van der Waals surface area contributed by atoms with Crippen molar-refractivity contribution in [3.63, 3.8) is 0 Å². The molecule has 1 saturated heterocycles. The fourth-order valence-electron chi connectivity index (χ4n) is 5.01. The molecule has 1 N–H and O–H groups in total. The molecule has 1 heterocycles. The number of amides is 2. The van der Waals surface area contributed by atoms with Crippen molar-refractivity contribution in [2.24, 2.45) is 0 Å². The van der Waals surface area contributed by atoms with Crippen molar-refractivity contribution < 1.29 is 22.4 Å². The second-order valence-corrected chi connectivity index (χ2v) is 12.3. The van der Waals surface area contributed by atoms with Gasteiger partial charge in [-0.15, -0.1) is 0 Å². The summed E-state index contributed by atoms with van der Waals surface area (Å²) in [5, 5.41) is 2.95. The normalized spacial score (nSPS) is 14.5. The van der Waals surface area contributed by atoms with Crippen LogP contribution in [0.5, 0.6) is 0 Å². The molecule has 0 aliphatic carbocycles. The van der Waals surface area contributed by atoms with Crippen LogP contribution >= 0.6 is 0 Å². The van der Waals surface area contributed by atoms with Crippen molar-refractivity contribution >= 4 is 21.8 Å². The lowest BCUT2D eigenvalue weighted by Crippen LogP contribution is -2.50. The van der Waals surface area contributed by atoms with Crippen LogP contribution in [0.25, 0.3) is 0 Å². The molecule has 1 aliphatic rings. The first-order chi connectivity index (χ1) is 19.8. The van der Waals surface area contributed by atoms with Gasteiger partial charge in [0.15, 0.2) is 0 Å². The summed E-state index contributed by atoms with van der Waals surface area (Å²) >= 11 is 0. The fraction of sp³-hybridized carbons (Fsp3) is 0.375. The number of rotatable bonds is 13. The summed E-state index contributed by atoms with van der Waals surface area (Å²) in [6, 6.07) is 21.4. The molecule has 0 bridgehead atoms. The number of halogens is 1. The van der Waals surface area contributed by atoms with E-state index in [1.807, 2.05) is 37.3 Å². The Morgan fingerprint density at radius 2 is 1.54 bits per heavy atom. The third-order valence-electron chi connectivity index (χ3n) is 7.34. The second-order valence-electron chi connectivity index (χ2n) is 10.4. The Kier molecular flexibility index (Phi) is 10.7. The third kappa shape index (κ3) is 8.24. The predicted octanol–water partition coefficient (Wildman–Crippen LogP) is 4.71. The van der Waals surface area contributed by atoms with Gasteiger partial charge in [-0.1, -0.05) is 61.5 Å². The van der Waals surface area contributed by atoms with Gasteiger partial charge < -0.3 is 10.2 Å². The average Bonchev–Trinajstić information content (AvgIpc) is 3.54. The summed E-state index contributed by atoms with van der Waals surface area (Å²) in [7, 11) is -3.51. The zero-order valence-corrected chi connectivity index (χ0v) is 24.3. The lowest BCUT2D eigenvalue weighted by molar-refractivity contribution is -0.141. The molecule has 4 rings (SSSR count). The summed E-state index contributed by atoms with van der Waals surface area (Å²) in [4.78, 5) is 29.0. The van der Waals surface area contributed by atoms with Crippen LogP contribution in [0.4, 0.5) is 4.39 Å². The number of nitrogens with zero attached hydrogens (tertiary/aromatic N) is 2. The van der Waals surface area contributed by atoms with Crippen molar-refractivity contribution in [3.05, 3.63) is 101 Å². The van der Waals surface area contributed by atoms with Crippen LogP contribution in [-0.4, -0.2) is 55.1 Å². The molecule has 1 fully saturated rings. The zero-order valence-electron chi connectivity index (χ0n) is 23.5. The van der Waals surface area contributed by atoms with Crippen LogP contribution in [0.15, 0.2) is 83.8 Å². The van der Waals surface area contributed by atoms with E-state index in [0.717, 1.165) is 36.0 Å². The van der Waals surface area contributed by atoms with Gasteiger partial charge in [0.2, 0.25) is 21.8 Å². The van der Waals surface area contributed by atoms with Crippen molar-refractivity contribution in [1.82, 2.24) is 14.5 Å². The number of carbonyl (C=O) groups is 2. The molecule has 0 spiro atoms. The largest absolute Gasteiger partial charge is 0.354 e. The van der Waals surface area contributed by atoms with Crippen LogP contribution < -0.4 is 5.32 Å². The molecule has 2 amide bonds. The highest BCUT2D eigenvalue weighted by molar-refractivity contribution is 7.89. The van der Waals surface area contributed by atoms with Crippen LogP contribution in [0, 0.1) is 5.82 Å². The summed E-state index contributed by atoms with van der Waals surface area (Å²) in [6.45, 7) is 3.70. The first kappa shape index (κ1) is 30.4. The smallest absolute Gasteiger partial charge is 0.243 e. The maximum atomic E-state index is 13.8. The lowest BCUT2D eigenvalue weighted by atomic mass is 10.0. The summed E-state index contributed by atoms with van der Waals surface area (Å²) in [6.07, 6.45) is 3.36. The topological polar surface area (TPSA) is 86.8 Å². The van der Waals surface area contributed by atoms with Crippen molar-refractivity contribution in [2.45, 2.75) is 62.9 Å². The van der Waals surface area contributed by atoms with E-state index in [-0.39, 0.29) is 35.5 Å². The van der Waals surface area contributed by atoms with Gasteiger partial charge in [-0.25, -0.2) is 12.8 Å². The minimum atomic E-state index is -3.51. The highest BCUT2D eigenvalue weighted by Crippen LogP contribution is 2.22. The van der Waals surface area contributed by atoms with Gasteiger partial charge in [0.1, 0.15) is 11.9 Å². The Balaban J connectivity index is 1.54. The molecular weight excluding hydrogens is 541 g/mol. The molecule has 0 aromatic heterocycles. The van der Waals surface area contributed by atoms with Gasteiger partial charge in [-0.3, -0.25) is 9.59 Å². The first-order valence-corrected chi connectivity index (χ1v) is 15.7. The lowest BCUT2D eigenvalue weighted by Gasteiger charge is -2.31. The molecule has 3 aromatic rings. The summed E-state index contributed by atoms with van der Waals surface area (Å²) < 4.78 is 40.8. The SMILES string of the molecule is CCCNC(=O)[C@@H](Cc1ccccc1)N(Cc1ccc(F)cc1)C(=O)CCc1ccc(S(=O)(=O)N2CCCC2)cc1. The van der Waals surface area contributed by atoms with Crippen molar-refractivity contribution in [1.29, 1.82) is 0 Å². The molecule has 0 radical (unpaired) electrons. The molecule has 218 valence electrons. The van der Waals surface area contributed by atoms with Gasteiger partial charge in [0.25, 0.3) is 0 Å². The summed E-state index contributed by atoms with van der Waals surface area (Å²) in [5.41, 5.74) is 2.48. The minimum Gasteiger partial charge on any atom is -0.354 e. The van der Waals surface area contributed by atoms with E-state index < -0.39 is 16.1 Å². The molecule has 7 nitrogen and oxygen atoms in total. The highest BCUT2D eigenvalue weighted by Gasteiger charge is 2.30. The molecule has 1 aliphatic heterocycles. The monoisotopic (exact) mass is 579 g/mol. The minimum absolute atomic E-state index is 0.131. The first-order valence-electron chi connectivity index (χ1n) is 14.2. The number of carbonyl (C=O) groups excluding carboxylic acids is 2. The second kappa shape index (κ2) is 14.4. The molecule has 1 atom stereocenters. The van der Waals surface area contributed by atoms with Gasteiger partial charge in [0.05, 0.1) is 4.90 Å².